The normalized spacial score (nSPS) is 9.62. The molecule has 2 nitrogen and oxygen atoms in total. The number of benzene rings is 1. The molecule has 0 fully saturated rings. The number of rotatable bonds is 4. The van der Waals surface area contributed by atoms with Gasteiger partial charge in [0.25, 0.3) is 0 Å². The highest BCUT2D eigenvalue weighted by molar-refractivity contribution is 7.80. The smallest absolute Gasteiger partial charge is 0.100 e. The summed E-state index contributed by atoms with van der Waals surface area (Å²) in [4.78, 5) is 5.91. The van der Waals surface area contributed by atoms with E-state index in [9.17, 15) is 0 Å². The van der Waals surface area contributed by atoms with Gasteiger partial charge < -0.3 is 0 Å². The van der Waals surface area contributed by atoms with Crippen molar-refractivity contribution in [2.45, 2.75) is 20.0 Å². The Bertz CT molecular complexity index is 261. The van der Waals surface area contributed by atoms with Gasteiger partial charge in [-0.2, -0.15) is 0 Å². The zero-order valence-corrected chi connectivity index (χ0v) is 8.43. The molecule has 0 aliphatic carbocycles. The van der Waals surface area contributed by atoms with Crippen molar-refractivity contribution in [3.63, 3.8) is 0 Å². The average molecular weight is 195 g/mol. The van der Waals surface area contributed by atoms with Crippen molar-refractivity contribution in [1.29, 1.82) is 0 Å². The third kappa shape index (κ3) is 4.01. The number of hydrogen-bond acceptors (Lipinski definition) is 2. The molecule has 0 aliphatic rings. The third-order valence-corrected chi connectivity index (χ3v) is 1.96. The lowest BCUT2D eigenvalue weighted by atomic mass is 10.2. The van der Waals surface area contributed by atoms with E-state index in [1.54, 1.807) is 0 Å². The molecule has 0 saturated heterocycles. The second-order valence-electron chi connectivity index (χ2n) is 2.65. The predicted octanol–water partition coefficient (Wildman–Crippen LogP) is 2.45. The van der Waals surface area contributed by atoms with Gasteiger partial charge in [0, 0.05) is 0 Å². The summed E-state index contributed by atoms with van der Waals surface area (Å²) in [5, 5.41) is 0. The topological polar surface area (TPSA) is 21.3 Å². The number of hydrogen-bond donors (Lipinski definition) is 1. The molecule has 0 atom stereocenters. The lowest BCUT2D eigenvalue weighted by molar-refractivity contribution is 0.0717. The van der Waals surface area contributed by atoms with Crippen molar-refractivity contribution in [3.05, 3.63) is 35.9 Å². The molecule has 70 valence electrons. The Hall–Kier alpha value is -0.930. The van der Waals surface area contributed by atoms with Crippen LogP contribution in [0, 0.1) is 0 Å². The summed E-state index contributed by atoms with van der Waals surface area (Å²) in [6, 6.07) is 9.97. The van der Waals surface area contributed by atoms with E-state index in [-0.39, 0.29) is 0 Å². The standard InChI is InChI=1S/C10H13NOS/c1-2-10(13)11-12-8-9-6-4-3-5-7-9/h3-7H,2,8H2,1H3,(H,11,13). The fraction of sp³-hybridized carbons (Fsp3) is 0.300. The van der Waals surface area contributed by atoms with Crippen molar-refractivity contribution in [1.82, 2.24) is 5.48 Å². The SMILES string of the molecule is CCC(=S)NOCc1ccccc1. The maximum absolute atomic E-state index is 5.18. The predicted molar refractivity (Wildman–Crippen MR) is 57.3 cm³/mol. The van der Waals surface area contributed by atoms with Gasteiger partial charge in [-0.05, 0) is 12.0 Å². The average Bonchev–Trinajstić information content (AvgIpc) is 2.19. The van der Waals surface area contributed by atoms with Gasteiger partial charge >= 0.3 is 0 Å². The number of hydroxylamine groups is 1. The molecule has 1 aromatic rings. The minimum atomic E-state index is 0.543. The van der Waals surface area contributed by atoms with Crippen LogP contribution < -0.4 is 5.48 Å². The van der Waals surface area contributed by atoms with Crippen LogP contribution in [0.5, 0.6) is 0 Å². The molecule has 3 heteroatoms. The highest BCUT2D eigenvalue weighted by Crippen LogP contribution is 1.98. The Kier molecular flexibility index (Phi) is 4.43. The summed E-state index contributed by atoms with van der Waals surface area (Å²) in [5.41, 5.74) is 3.85. The van der Waals surface area contributed by atoms with E-state index >= 15 is 0 Å². The van der Waals surface area contributed by atoms with Gasteiger partial charge in [-0.1, -0.05) is 49.5 Å². The van der Waals surface area contributed by atoms with Gasteiger partial charge in [-0.25, -0.2) is 0 Å². The van der Waals surface area contributed by atoms with Crippen LogP contribution in [0.1, 0.15) is 18.9 Å². The molecule has 0 amide bonds. The summed E-state index contributed by atoms with van der Waals surface area (Å²) in [6.45, 7) is 2.53. The summed E-state index contributed by atoms with van der Waals surface area (Å²) >= 11 is 4.93. The molecule has 0 heterocycles. The first-order chi connectivity index (χ1) is 6.33. The molecular weight excluding hydrogens is 182 g/mol. The van der Waals surface area contributed by atoms with Crippen molar-refractivity contribution in [2.75, 3.05) is 0 Å². The first-order valence-corrected chi connectivity index (χ1v) is 4.68. The Morgan fingerprint density at radius 3 is 2.69 bits per heavy atom. The minimum absolute atomic E-state index is 0.543. The molecule has 1 aromatic carbocycles. The van der Waals surface area contributed by atoms with Crippen LogP contribution >= 0.6 is 12.2 Å². The van der Waals surface area contributed by atoms with E-state index in [1.165, 1.54) is 0 Å². The van der Waals surface area contributed by atoms with Crippen LogP contribution in [0.15, 0.2) is 30.3 Å². The van der Waals surface area contributed by atoms with E-state index in [0.29, 0.717) is 6.61 Å². The third-order valence-electron chi connectivity index (χ3n) is 1.59. The van der Waals surface area contributed by atoms with Crippen LogP contribution in [0.2, 0.25) is 0 Å². The Labute approximate surface area is 83.9 Å². The van der Waals surface area contributed by atoms with E-state index < -0.39 is 0 Å². The molecule has 0 bridgehead atoms. The fourth-order valence-corrected chi connectivity index (χ4v) is 0.905. The Morgan fingerprint density at radius 1 is 1.38 bits per heavy atom. The second kappa shape index (κ2) is 5.67. The first-order valence-electron chi connectivity index (χ1n) is 4.27. The number of thiocarbonyl (C=S) groups is 1. The van der Waals surface area contributed by atoms with Crippen molar-refractivity contribution < 1.29 is 4.84 Å². The molecular formula is C10H13NOS. The van der Waals surface area contributed by atoms with Crippen LogP contribution in [0.25, 0.3) is 0 Å². The van der Waals surface area contributed by atoms with Crippen molar-refractivity contribution in [3.8, 4) is 0 Å². The molecule has 13 heavy (non-hydrogen) atoms. The monoisotopic (exact) mass is 195 g/mol. The quantitative estimate of drug-likeness (QED) is 0.589. The van der Waals surface area contributed by atoms with Crippen LogP contribution in [0.3, 0.4) is 0 Å². The van der Waals surface area contributed by atoms with E-state index in [4.69, 9.17) is 17.1 Å². The van der Waals surface area contributed by atoms with Gasteiger partial charge in [0.1, 0.15) is 4.99 Å². The second-order valence-corrected chi connectivity index (χ2v) is 3.15. The van der Waals surface area contributed by atoms with E-state index in [0.717, 1.165) is 17.0 Å². The van der Waals surface area contributed by atoms with E-state index in [2.05, 4.69) is 5.48 Å². The molecule has 1 N–H and O–H groups in total. The first kappa shape index (κ1) is 10.2. The lowest BCUT2D eigenvalue weighted by Gasteiger charge is -2.05. The molecule has 0 unspecified atom stereocenters. The fourth-order valence-electron chi connectivity index (χ4n) is 0.846. The summed E-state index contributed by atoms with van der Waals surface area (Å²) < 4.78 is 0. The van der Waals surface area contributed by atoms with E-state index in [1.807, 2.05) is 37.3 Å². The van der Waals surface area contributed by atoms with Gasteiger partial charge in [0.15, 0.2) is 0 Å². The van der Waals surface area contributed by atoms with Crippen LogP contribution in [-0.4, -0.2) is 4.99 Å². The molecule has 0 saturated carbocycles. The maximum atomic E-state index is 5.18. The van der Waals surface area contributed by atoms with Crippen LogP contribution in [-0.2, 0) is 11.4 Å². The molecule has 0 aliphatic heterocycles. The molecule has 1 rings (SSSR count). The van der Waals surface area contributed by atoms with Gasteiger partial charge in [-0.3, -0.25) is 10.3 Å². The molecule has 0 aromatic heterocycles. The molecule has 0 spiro atoms. The maximum Gasteiger partial charge on any atom is 0.100 e. The van der Waals surface area contributed by atoms with Crippen LogP contribution in [0.4, 0.5) is 0 Å². The van der Waals surface area contributed by atoms with Gasteiger partial charge in [-0.15, -0.1) is 0 Å². The summed E-state index contributed by atoms with van der Waals surface area (Å²) in [5.74, 6) is 0. The largest absolute Gasteiger partial charge is 0.271 e. The summed E-state index contributed by atoms with van der Waals surface area (Å²) in [7, 11) is 0. The Balaban J connectivity index is 2.24. The van der Waals surface area contributed by atoms with Crippen molar-refractivity contribution >= 4 is 17.2 Å². The highest BCUT2D eigenvalue weighted by atomic mass is 32.1. The van der Waals surface area contributed by atoms with Gasteiger partial charge in [0.05, 0.1) is 6.61 Å². The minimum Gasteiger partial charge on any atom is -0.271 e. The highest BCUT2D eigenvalue weighted by Gasteiger charge is 1.92. The zero-order valence-electron chi connectivity index (χ0n) is 7.62. The lowest BCUT2D eigenvalue weighted by Crippen LogP contribution is -2.20. The van der Waals surface area contributed by atoms with Gasteiger partial charge in [0.2, 0.25) is 0 Å². The Morgan fingerprint density at radius 2 is 2.08 bits per heavy atom. The molecule has 0 radical (unpaired) electrons. The number of nitrogens with one attached hydrogen (secondary N) is 1. The zero-order chi connectivity index (χ0) is 9.52. The van der Waals surface area contributed by atoms with Crippen molar-refractivity contribution in [2.24, 2.45) is 0 Å². The summed E-state index contributed by atoms with van der Waals surface area (Å²) in [6.07, 6.45) is 0.810.